The largest absolute Gasteiger partial charge is 0.406 e. The summed E-state index contributed by atoms with van der Waals surface area (Å²) in [5.41, 5.74) is 1.92. The number of para-hydroxylation sites is 1. The zero-order chi connectivity index (χ0) is 16.9. The smallest absolute Gasteiger partial charge is 0.361 e. The molecule has 0 saturated carbocycles. The average Bonchev–Trinajstić information content (AvgIpc) is 2.91. The molecule has 0 spiro atoms. The number of nitrogens with one attached hydrogen (secondary N) is 1. The third-order valence-corrected chi connectivity index (χ3v) is 3.79. The van der Waals surface area contributed by atoms with Crippen molar-refractivity contribution in [1.82, 2.24) is 9.88 Å². The minimum atomic E-state index is -4.36. The van der Waals surface area contributed by atoms with Gasteiger partial charge in [0.1, 0.15) is 6.54 Å². The summed E-state index contributed by atoms with van der Waals surface area (Å²) in [5.74, 6) is -0.443. The molecule has 23 heavy (non-hydrogen) atoms. The lowest BCUT2D eigenvalue weighted by molar-refractivity contribution is -0.161. The molecule has 1 aromatic heterocycles. The van der Waals surface area contributed by atoms with Crippen LogP contribution in [-0.4, -0.2) is 35.1 Å². The number of hydrogen-bond donors (Lipinski definition) is 1. The molecular formula is C17H21F3N2O. The van der Waals surface area contributed by atoms with Gasteiger partial charge in [-0.1, -0.05) is 31.5 Å². The highest BCUT2D eigenvalue weighted by Gasteiger charge is 2.32. The predicted octanol–water partition coefficient (Wildman–Crippen LogP) is 4.29. The molecule has 6 heteroatoms. The topological polar surface area (TPSA) is 36.1 Å². The zero-order valence-electron chi connectivity index (χ0n) is 13.1. The van der Waals surface area contributed by atoms with Gasteiger partial charge in [0, 0.05) is 30.1 Å². The van der Waals surface area contributed by atoms with Gasteiger partial charge in [0.25, 0.3) is 0 Å². The van der Waals surface area contributed by atoms with E-state index in [1.165, 1.54) is 0 Å². The van der Waals surface area contributed by atoms with Crippen molar-refractivity contribution in [2.24, 2.45) is 0 Å². The molecule has 0 aliphatic carbocycles. The summed E-state index contributed by atoms with van der Waals surface area (Å²) in [7, 11) is 0. The van der Waals surface area contributed by atoms with Gasteiger partial charge >= 0.3 is 6.18 Å². The van der Waals surface area contributed by atoms with Crippen LogP contribution in [0.3, 0.4) is 0 Å². The third-order valence-electron chi connectivity index (χ3n) is 3.79. The number of hydrogen-bond acceptors (Lipinski definition) is 1. The standard InChI is InChI=1S/C17H21F3N2O/c1-2-3-10-22(12-17(18,19)20)16(23)9-8-13-11-21-15-7-5-4-6-14(13)15/h4-7,11,21H,2-3,8-10,12H2,1H3. The van der Waals surface area contributed by atoms with Crippen LogP contribution in [0.5, 0.6) is 0 Å². The van der Waals surface area contributed by atoms with Crippen molar-refractivity contribution >= 4 is 16.8 Å². The van der Waals surface area contributed by atoms with Gasteiger partial charge in [-0.15, -0.1) is 0 Å². The van der Waals surface area contributed by atoms with Crippen LogP contribution in [0.4, 0.5) is 13.2 Å². The summed E-state index contributed by atoms with van der Waals surface area (Å²) in [4.78, 5) is 16.2. The minimum absolute atomic E-state index is 0.0850. The summed E-state index contributed by atoms with van der Waals surface area (Å²) in [5, 5.41) is 1.01. The Morgan fingerprint density at radius 3 is 2.70 bits per heavy atom. The maximum Gasteiger partial charge on any atom is 0.406 e. The maximum atomic E-state index is 12.6. The first-order chi connectivity index (χ1) is 10.9. The number of nitrogens with zero attached hydrogens (tertiary/aromatic N) is 1. The molecule has 1 heterocycles. The van der Waals surface area contributed by atoms with Crippen molar-refractivity contribution in [1.29, 1.82) is 0 Å². The van der Waals surface area contributed by atoms with E-state index in [1.54, 1.807) is 0 Å². The Balaban J connectivity index is 2.00. The van der Waals surface area contributed by atoms with E-state index in [0.717, 1.165) is 27.8 Å². The van der Waals surface area contributed by atoms with Gasteiger partial charge in [0.15, 0.2) is 0 Å². The van der Waals surface area contributed by atoms with Gasteiger partial charge in [-0.05, 0) is 24.5 Å². The first-order valence-electron chi connectivity index (χ1n) is 7.80. The van der Waals surface area contributed by atoms with Gasteiger partial charge in [0.05, 0.1) is 0 Å². The number of benzene rings is 1. The maximum absolute atomic E-state index is 12.6. The van der Waals surface area contributed by atoms with Crippen LogP contribution >= 0.6 is 0 Å². The summed E-state index contributed by atoms with van der Waals surface area (Å²) >= 11 is 0. The van der Waals surface area contributed by atoms with E-state index in [-0.39, 0.29) is 13.0 Å². The summed E-state index contributed by atoms with van der Waals surface area (Å²) < 4.78 is 37.8. The predicted molar refractivity (Wildman–Crippen MR) is 84.2 cm³/mol. The number of aromatic amines is 1. The van der Waals surface area contributed by atoms with E-state index in [4.69, 9.17) is 0 Å². The Labute approximate surface area is 133 Å². The van der Waals surface area contributed by atoms with Crippen LogP contribution in [0.25, 0.3) is 10.9 Å². The van der Waals surface area contributed by atoms with Gasteiger partial charge in [-0.25, -0.2) is 0 Å². The van der Waals surface area contributed by atoms with Crippen LogP contribution in [0, 0.1) is 0 Å². The number of aryl methyl sites for hydroxylation is 1. The molecule has 1 aromatic carbocycles. The second-order valence-electron chi connectivity index (χ2n) is 5.64. The normalized spacial score (nSPS) is 11.8. The molecule has 1 N–H and O–H groups in total. The lowest BCUT2D eigenvalue weighted by Gasteiger charge is -2.23. The molecular weight excluding hydrogens is 305 g/mol. The second kappa shape index (κ2) is 7.53. The lowest BCUT2D eigenvalue weighted by atomic mass is 10.1. The lowest BCUT2D eigenvalue weighted by Crippen LogP contribution is -2.39. The van der Waals surface area contributed by atoms with Crippen LogP contribution < -0.4 is 0 Å². The monoisotopic (exact) mass is 326 g/mol. The quantitative estimate of drug-likeness (QED) is 0.809. The van der Waals surface area contributed by atoms with Crippen molar-refractivity contribution in [3.05, 3.63) is 36.0 Å². The van der Waals surface area contributed by atoms with Crippen molar-refractivity contribution < 1.29 is 18.0 Å². The fourth-order valence-corrected chi connectivity index (χ4v) is 2.60. The van der Waals surface area contributed by atoms with Crippen molar-refractivity contribution in [3.8, 4) is 0 Å². The molecule has 0 radical (unpaired) electrons. The molecule has 2 aromatic rings. The Morgan fingerprint density at radius 2 is 2.00 bits per heavy atom. The molecule has 0 unspecified atom stereocenters. The number of H-pyrrole nitrogens is 1. The van der Waals surface area contributed by atoms with Crippen molar-refractivity contribution in [2.45, 2.75) is 38.8 Å². The molecule has 0 bridgehead atoms. The Hall–Kier alpha value is -1.98. The SMILES string of the molecule is CCCCN(CC(F)(F)F)C(=O)CCc1c[nH]c2ccccc12. The van der Waals surface area contributed by atoms with Crippen LogP contribution in [0.1, 0.15) is 31.7 Å². The van der Waals surface area contributed by atoms with Gasteiger partial charge < -0.3 is 9.88 Å². The van der Waals surface area contributed by atoms with Crippen LogP contribution in [0.15, 0.2) is 30.5 Å². The number of alkyl halides is 3. The number of carbonyl (C=O) groups is 1. The van der Waals surface area contributed by atoms with Crippen molar-refractivity contribution in [2.75, 3.05) is 13.1 Å². The van der Waals surface area contributed by atoms with E-state index in [9.17, 15) is 18.0 Å². The molecule has 3 nitrogen and oxygen atoms in total. The molecule has 126 valence electrons. The van der Waals surface area contributed by atoms with Crippen LogP contribution in [0.2, 0.25) is 0 Å². The van der Waals surface area contributed by atoms with E-state index in [1.807, 2.05) is 37.4 Å². The summed E-state index contributed by atoms with van der Waals surface area (Å²) in [6, 6.07) is 7.68. The first-order valence-corrected chi connectivity index (χ1v) is 7.80. The van der Waals surface area contributed by atoms with Gasteiger partial charge in [0.2, 0.25) is 5.91 Å². The molecule has 2 rings (SSSR count). The highest BCUT2D eigenvalue weighted by atomic mass is 19.4. The van der Waals surface area contributed by atoms with E-state index >= 15 is 0 Å². The van der Waals surface area contributed by atoms with E-state index in [0.29, 0.717) is 12.8 Å². The minimum Gasteiger partial charge on any atom is -0.361 e. The third kappa shape index (κ3) is 5.01. The fraction of sp³-hybridized carbons (Fsp3) is 0.471. The number of aromatic nitrogens is 1. The zero-order valence-corrected chi connectivity index (χ0v) is 13.1. The second-order valence-corrected chi connectivity index (χ2v) is 5.64. The summed E-state index contributed by atoms with van der Waals surface area (Å²) in [6.07, 6.45) is -0.688. The molecule has 0 aliphatic rings. The fourth-order valence-electron chi connectivity index (χ4n) is 2.60. The number of halogens is 3. The first kappa shape index (κ1) is 17.4. The van der Waals surface area contributed by atoms with E-state index < -0.39 is 18.6 Å². The molecule has 0 atom stereocenters. The number of carbonyl (C=O) groups excluding carboxylic acids is 1. The van der Waals surface area contributed by atoms with Gasteiger partial charge in [-0.2, -0.15) is 13.2 Å². The number of unbranched alkanes of at least 4 members (excludes halogenated alkanes) is 1. The van der Waals surface area contributed by atoms with Crippen LogP contribution in [-0.2, 0) is 11.2 Å². The average molecular weight is 326 g/mol. The number of amides is 1. The number of rotatable bonds is 7. The Bertz CT molecular complexity index is 649. The van der Waals surface area contributed by atoms with E-state index in [2.05, 4.69) is 4.98 Å². The van der Waals surface area contributed by atoms with Gasteiger partial charge in [-0.3, -0.25) is 4.79 Å². The Morgan fingerprint density at radius 1 is 1.26 bits per heavy atom. The molecule has 1 amide bonds. The molecule has 0 saturated heterocycles. The van der Waals surface area contributed by atoms with Crippen molar-refractivity contribution in [3.63, 3.8) is 0 Å². The Kier molecular flexibility index (Phi) is 5.69. The highest BCUT2D eigenvalue weighted by molar-refractivity contribution is 5.84. The molecule has 0 aliphatic heterocycles. The highest BCUT2D eigenvalue weighted by Crippen LogP contribution is 2.21. The summed E-state index contributed by atoms with van der Waals surface area (Å²) in [6.45, 7) is 0.880. The molecule has 0 fully saturated rings. The number of fused-ring (bicyclic) bond motifs is 1.